The van der Waals surface area contributed by atoms with E-state index in [1.54, 1.807) is 0 Å². The van der Waals surface area contributed by atoms with Crippen molar-refractivity contribution in [1.82, 2.24) is 19.9 Å². The molecule has 6 heteroatoms. The molecular formula is C74H44N4S2. The van der Waals surface area contributed by atoms with Gasteiger partial charge in [0.05, 0.1) is 11.4 Å². The summed E-state index contributed by atoms with van der Waals surface area (Å²) in [5, 5.41) is 20.7. The van der Waals surface area contributed by atoms with Crippen molar-refractivity contribution in [3.63, 3.8) is 0 Å². The standard InChI is InChI=1S/C39H23N3S.C35H21NS/c1-3-11-24(12-4-1)37-40-38(25-13-5-2-6-14-25)42-39(41-37)26-19-20-35-33(21-26)34-22-31-29-17-9-7-15-27(29)28-16-8-10-18-30(28)32(31)23-36(34)43-35;1-2-9-22(10-3-1)32-15-8-16-33(36-32)23-17-18-34-30(19-23)31-20-28-26-13-6-4-11-24(26)25-12-5-7-14-27(25)29(28)21-35(31)37-34/h1-23H;1-21H. The molecule has 0 spiro atoms. The largest absolute Gasteiger partial charge is 0.248 e. The van der Waals surface area contributed by atoms with Crippen molar-refractivity contribution in [2.45, 2.75) is 0 Å². The lowest BCUT2D eigenvalue weighted by Crippen LogP contribution is -2.00. The molecule has 0 saturated carbocycles. The molecule has 0 atom stereocenters. The van der Waals surface area contributed by atoms with Crippen LogP contribution in [-0.2, 0) is 0 Å². The fourth-order valence-electron chi connectivity index (χ4n) is 11.9. The number of rotatable bonds is 5. The summed E-state index contributed by atoms with van der Waals surface area (Å²) in [5.74, 6) is 2.01. The minimum Gasteiger partial charge on any atom is -0.248 e. The van der Waals surface area contributed by atoms with Gasteiger partial charge in [-0.25, -0.2) is 19.9 Å². The molecule has 4 heterocycles. The maximum Gasteiger partial charge on any atom is 0.164 e. The van der Waals surface area contributed by atoms with E-state index in [-0.39, 0.29) is 0 Å². The fourth-order valence-corrected chi connectivity index (χ4v) is 14.2. The second-order valence-corrected chi connectivity index (χ2v) is 22.6. The van der Waals surface area contributed by atoms with Gasteiger partial charge in [-0.1, -0.05) is 200 Å². The van der Waals surface area contributed by atoms with Crippen LogP contribution in [0.4, 0.5) is 0 Å². The molecule has 4 aromatic heterocycles. The Morgan fingerprint density at radius 3 is 0.912 bits per heavy atom. The lowest BCUT2D eigenvalue weighted by molar-refractivity contribution is 1.07. The number of benzene rings is 13. The molecule has 0 aliphatic rings. The average molecular weight is 1050 g/mol. The number of thiophene rings is 2. The maximum atomic E-state index is 5.01. The second kappa shape index (κ2) is 18.9. The number of hydrogen-bond donors (Lipinski definition) is 0. The number of pyridine rings is 1. The highest BCUT2D eigenvalue weighted by Crippen LogP contribution is 2.45. The summed E-state index contributed by atoms with van der Waals surface area (Å²) in [5.41, 5.74) is 7.20. The molecule has 372 valence electrons. The number of aromatic nitrogens is 4. The summed E-state index contributed by atoms with van der Waals surface area (Å²) in [6.45, 7) is 0. The summed E-state index contributed by atoms with van der Waals surface area (Å²) in [6, 6.07) is 95.0. The van der Waals surface area contributed by atoms with Gasteiger partial charge in [0, 0.05) is 68.2 Å². The van der Waals surface area contributed by atoms with Crippen LogP contribution in [0.25, 0.3) is 162 Å². The van der Waals surface area contributed by atoms with Gasteiger partial charge in [0.15, 0.2) is 17.5 Å². The van der Waals surface area contributed by atoms with E-state index in [1.807, 2.05) is 89.4 Å². The van der Waals surface area contributed by atoms with E-state index < -0.39 is 0 Å². The second-order valence-electron chi connectivity index (χ2n) is 20.4. The molecule has 17 aromatic rings. The highest BCUT2D eigenvalue weighted by Gasteiger charge is 2.18. The third-order valence-electron chi connectivity index (χ3n) is 15.7. The monoisotopic (exact) mass is 1050 g/mol. The molecule has 0 bridgehead atoms. The summed E-state index contributed by atoms with van der Waals surface area (Å²) >= 11 is 3.72. The van der Waals surface area contributed by atoms with Gasteiger partial charge in [0.2, 0.25) is 0 Å². The molecule has 0 unspecified atom stereocenters. The van der Waals surface area contributed by atoms with Crippen molar-refractivity contribution in [2.75, 3.05) is 0 Å². The van der Waals surface area contributed by atoms with Gasteiger partial charge < -0.3 is 0 Å². The maximum absolute atomic E-state index is 5.01. The first-order valence-corrected chi connectivity index (χ1v) is 28.6. The first-order valence-electron chi connectivity index (χ1n) is 26.9. The molecule has 0 radical (unpaired) electrons. The Labute approximate surface area is 468 Å². The van der Waals surface area contributed by atoms with E-state index in [0.717, 1.165) is 39.2 Å². The van der Waals surface area contributed by atoms with Gasteiger partial charge in [-0.3, -0.25) is 0 Å². The number of fused-ring (bicyclic) bond motifs is 18. The Kier molecular flexibility index (Phi) is 10.9. The van der Waals surface area contributed by atoms with Crippen LogP contribution in [0.1, 0.15) is 0 Å². The van der Waals surface area contributed by atoms with E-state index in [4.69, 9.17) is 19.9 Å². The minimum absolute atomic E-state index is 0.670. The smallest absolute Gasteiger partial charge is 0.164 e. The molecule has 0 aliphatic carbocycles. The SMILES string of the molecule is c1ccc(-c2cccc(-c3ccc4sc5cc6c7ccccc7c7ccccc7c6cc5c4c3)n2)cc1.c1ccc(-c2nc(-c3ccccc3)nc(-c3ccc4sc5cc6c7ccccc7c7ccccc7c6cc5c4c3)n2)cc1. The van der Waals surface area contributed by atoms with E-state index >= 15 is 0 Å². The predicted molar refractivity (Wildman–Crippen MR) is 342 cm³/mol. The summed E-state index contributed by atoms with van der Waals surface area (Å²) in [7, 11) is 0. The van der Waals surface area contributed by atoms with Gasteiger partial charge in [-0.15, -0.1) is 22.7 Å². The molecule has 0 N–H and O–H groups in total. The lowest BCUT2D eigenvalue weighted by Gasteiger charge is -2.10. The highest BCUT2D eigenvalue weighted by molar-refractivity contribution is 7.26. The van der Waals surface area contributed by atoms with Crippen molar-refractivity contribution in [3.05, 3.63) is 267 Å². The molecule has 13 aromatic carbocycles. The number of hydrogen-bond acceptors (Lipinski definition) is 6. The Hall–Kier alpha value is -9.98. The topological polar surface area (TPSA) is 51.6 Å². The van der Waals surface area contributed by atoms with Crippen LogP contribution < -0.4 is 0 Å². The first-order chi connectivity index (χ1) is 39.6. The van der Waals surface area contributed by atoms with Gasteiger partial charge in [-0.2, -0.15) is 0 Å². The van der Waals surface area contributed by atoms with E-state index in [9.17, 15) is 0 Å². The van der Waals surface area contributed by atoms with Gasteiger partial charge >= 0.3 is 0 Å². The van der Waals surface area contributed by atoms with Gasteiger partial charge in [0.25, 0.3) is 0 Å². The lowest BCUT2D eigenvalue weighted by atomic mass is 9.93. The quantitative estimate of drug-likeness (QED) is 0.161. The predicted octanol–water partition coefficient (Wildman–Crippen LogP) is 20.9. The van der Waals surface area contributed by atoms with Crippen molar-refractivity contribution in [1.29, 1.82) is 0 Å². The zero-order valence-electron chi connectivity index (χ0n) is 43.0. The van der Waals surface area contributed by atoms with Crippen LogP contribution in [0.15, 0.2) is 267 Å². The Morgan fingerprint density at radius 1 is 0.175 bits per heavy atom. The van der Waals surface area contributed by atoms with Crippen LogP contribution in [0.5, 0.6) is 0 Å². The zero-order chi connectivity index (χ0) is 52.7. The van der Waals surface area contributed by atoms with Crippen molar-refractivity contribution >= 4 is 128 Å². The molecular weight excluding hydrogens is 1010 g/mol. The third-order valence-corrected chi connectivity index (χ3v) is 18.0. The Morgan fingerprint density at radius 2 is 0.487 bits per heavy atom. The normalized spacial score (nSPS) is 11.8. The number of nitrogens with zero attached hydrogens (tertiary/aromatic N) is 4. The Bertz CT molecular complexity index is 5250. The molecule has 4 nitrogen and oxygen atoms in total. The van der Waals surface area contributed by atoms with Gasteiger partial charge in [-0.05, 0) is 131 Å². The van der Waals surface area contributed by atoms with Crippen LogP contribution in [0, 0.1) is 0 Å². The first kappa shape index (κ1) is 46.1. The van der Waals surface area contributed by atoms with E-state index in [2.05, 4.69) is 200 Å². The Balaban J connectivity index is 0.000000134. The fraction of sp³-hybridized carbons (Fsp3) is 0. The minimum atomic E-state index is 0.670. The van der Waals surface area contributed by atoms with Crippen molar-refractivity contribution < 1.29 is 0 Å². The molecule has 0 aliphatic heterocycles. The summed E-state index contributed by atoms with van der Waals surface area (Å²) in [4.78, 5) is 19.8. The zero-order valence-corrected chi connectivity index (χ0v) is 44.6. The summed E-state index contributed by atoms with van der Waals surface area (Å²) in [6.07, 6.45) is 0. The van der Waals surface area contributed by atoms with E-state index in [1.165, 1.54) is 105 Å². The molecule has 0 saturated heterocycles. The molecule has 0 amide bonds. The van der Waals surface area contributed by atoms with Crippen LogP contribution in [0.3, 0.4) is 0 Å². The molecule has 80 heavy (non-hydrogen) atoms. The highest BCUT2D eigenvalue weighted by atomic mass is 32.1. The summed E-state index contributed by atoms with van der Waals surface area (Å²) < 4.78 is 5.17. The van der Waals surface area contributed by atoms with Gasteiger partial charge in [0.1, 0.15) is 0 Å². The third kappa shape index (κ3) is 7.79. The van der Waals surface area contributed by atoms with Crippen LogP contribution >= 0.6 is 22.7 Å². The van der Waals surface area contributed by atoms with Crippen LogP contribution in [-0.4, -0.2) is 19.9 Å². The van der Waals surface area contributed by atoms with Crippen molar-refractivity contribution in [3.8, 4) is 56.7 Å². The average Bonchev–Trinajstić information content (AvgIpc) is 4.22. The molecule has 0 fully saturated rings. The van der Waals surface area contributed by atoms with Crippen LogP contribution in [0.2, 0.25) is 0 Å². The van der Waals surface area contributed by atoms with Crippen molar-refractivity contribution in [2.24, 2.45) is 0 Å². The van der Waals surface area contributed by atoms with E-state index in [0.29, 0.717) is 17.5 Å². The molecule has 17 rings (SSSR count).